The van der Waals surface area contributed by atoms with Gasteiger partial charge in [-0.25, -0.2) is 0 Å². The summed E-state index contributed by atoms with van der Waals surface area (Å²) in [5, 5.41) is 6.16. The summed E-state index contributed by atoms with van der Waals surface area (Å²) in [6.07, 6.45) is 1.91. The zero-order valence-electron chi connectivity index (χ0n) is 13.3. The fourth-order valence-corrected chi connectivity index (χ4v) is 2.82. The topological polar surface area (TPSA) is 59.9 Å². The highest BCUT2D eigenvalue weighted by Crippen LogP contribution is 2.25. The Balaban J connectivity index is 1.73. The molecule has 2 aromatic heterocycles. The van der Waals surface area contributed by atoms with Gasteiger partial charge in [0.2, 0.25) is 0 Å². The number of rotatable bonds is 4. The summed E-state index contributed by atoms with van der Waals surface area (Å²) in [5.74, 6) is 0.726. The van der Waals surface area contributed by atoms with Crippen LogP contribution in [0.2, 0.25) is 0 Å². The van der Waals surface area contributed by atoms with Crippen molar-refractivity contribution in [1.29, 1.82) is 0 Å². The number of nitrogens with one attached hydrogen (secondary N) is 1. The lowest BCUT2D eigenvalue weighted by molar-refractivity contribution is 0.306. The molecule has 5 nitrogen and oxygen atoms in total. The van der Waals surface area contributed by atoms with Gasteiger partial charge in [0.15, 0.2) is 5.52 Å². The van der Waals surface area contributed by atoms with Gasteiger partial charge in [-0.3, -0.25) is 9.48 Å². The molecule has 0 saturated carbocycles. The SMILES string of the molecule is CCn1cc2c(n1)c(=O)[nH]c1cc(OCc3ccccc3)ccc12. The molecule has 4 aromatic rings. The van der Waals surface area contributed by atoms with E-state index in [4.69, 9.17) is 4.74 Å². The molecule has 0 radical (unpaired) electrons. The smallest absolute Gasteiger partial charge is 0.276 e. The minimum Gasteiger partial charge on any atom is -0.489 e. The lowest BCUT2D eigenvalue weighted by atomic mass is 10.1. The van der Waals surface area contributed by atoms with Crippen molar-refractivity contribution >= 4 is 21.8 Å². The van der Waals surface area contributed by atoms with Crippen molar-refractivity contribution in [2.45, 2.75) is 20.1 Å². The van der Waals surface area contributed by atoms with Crippen LogP contribution in [-0.4, -0.2) is 14.8 Å². The molecule has 2 aromatic carbocycles. The Kier molecular flexibility index (Phi) is 3.54. The molecule has 4 rings (SSSR count). The summed E-state index contributed by atoms with van der Waals surface area (Å²) in [5.41, 5.74) is 2.16. The third kappa shape index (κ3) is 2.54. The fourth-order valence-electron chi connectivity index (χ4n) is 2.82. The highest BCUT2D eigenvalue weighted by atomic mass is 16.5. The molecule has 0 saturated heterocycles. The van der Waals surface area contributed by atoms with Crippen molar-refractivity contribution < 1.29 is 4.74 Å². The average molecular weight is 319 g/mol. The van der Waals surface area contributed by atoms with Crippen LogP contribution in [0.25, 0.3) is 21.8 Å². The van der Waals surface area contributed by atoms with Crippen LogP contribution >= 0.6 is 0 Å². The molecule has 5 heteroatoms. The van der Waals surface area contributed by atoms with Crippen molar-refractivity contribution in [3.63, 3.8) is 0 Å². The molecule has 0 amide bonds. The number of hydrogen-bond acceptors (Lipinski definition) is 3. The van der Waals surface area contributed by atoms with Crippen molar-refractivity contribution in [1.82, 2.24) is 14.8 Å². The van der Waals surface area contributed by atoms with Gasteiger partial charge in [-0.15, -0.1) is 0 Å². The van der Waals surface area contributed by atoms with Crippen molar-refractivity contribution in [2.24, 2.45) is 0 Å². The Morgan fingerprint density at radius 2 is 1.96 bits per heavy atom. The molecule has 24 heavy (non-hydrogen) atoms. The molecule has 120 valence electrons. The Bertz CT molecular complexity index is 1060. The number of aromatic amines is 1. The number of nitrogens with zero attached hydrogens (tertiary/aromatic N) is 2. The second-order valence-corrected chi connectivity index (χ2v) is 5.68. The van der Waals surface area contributed by atoms with Crippen LogP contribution in [0, 0.1) is 0 Å². The van der Waals surface area contributed by atoms with Crippen LogP contribution in [0.15, 0.2) is 59.5 Å². The predicted octanol–water partition coefficient (Wildman–Crippen LogP) is 3.48. The van der Waals surface area contributed by atoms with Gasteiger partial charge in [0.25, 0.3) is 5.56 Å². The van der Waals surface area contributed by atoms with E-state index in [2.05, 4.69) is 10.1 Å². The van der Waals surface area contributed by atoms with Crippen LogP contribution in [0.3, 0.4) is 0 Å². The van der Waals surface area contributed by atoms with Crippen LogP contribution in [-0.2, 0) is 13.2 Å². The number of aryl methyl sites for hydroxylation is 1. The van der Waals surface area contributed by atoms with E-state index in [1.54, 1.807) is 4.68 Å². The fraction of sp³-hybridized carbons (Fsp3) is 0.158. The van der Waals surface area contributed by atoms with Gasteiger partial charge >= 0.3 is 0 Å². The second kappa shape index (κ2) is 5.85. The normalized spacial score (nSPS) is 11.2. The zero-order chi connectivity index (χ0) is 16.5. The minimum atomic E-state index is -0.176. The first-order valence-corrected chi connectivity index (χ1v) is 7.94. The average Bonchev–Trinajstić information content (AvgIpc) is 3.06. The zero-order valence-corrected chi connectivity index (χ0v) is 13.3. The van der Waals surface area contributed by atoms with E-state index in [9.17, 15) is 4.79 Å². The van der Waals surface area contributed by atoms with Gasteiger partial charge in [-0.2, -0.15) is 5.10 Å². The van der Waals surface area contributed by atoms with Crippen LogP contribution in [0.1, 0.15) is 12.5 Å². The third-order valence-electron chi connectivity index (χ3n) is 4.08. The lowest BCUT2D eigenvalue weighted by Gasteiger charge is -2.07. The summed E-state index contributed by atoms with van der Waals surface area (Å²) >= 11 is 0. The van der Waals surface area contributed by atoms with Gasteiger partial charge in [-0.1, -0.05) is 30.3 Å². The Morgan fingerprint density at radius 1 is 1.12 bits per heavy atom. The molecule has 0 fully saturated rings. The molecule has 0 spiro atoms. The number of H-pyrrole nitrogens is 1. The van der Waals surface area contributed by atoms with Gasteiger partial charge in [-0.05, 0) is 24.6 Å². The Hall–Kier alpha value is -3.08. The summed E-state index contributed by atoms with van der Waals surface area (Å²) in [6.45, 7) is 3.22. The molecule has 0 atom stereocenters. The quantitative estimate of drug-likeness (QED) is 0.626. The summed E-state index contributed by atoms with van der Waals surface area (Å²) in [4.78, 5) is 15.1. The van der Waals surface area contributed by atoms with Crippen molar-refractivity contribution in [2.75, 3.05) is 0 Å². The highest BCUT2D eigenvalue weighted by molar-refractivity contribution is 6.04. The first-order valence-electron chi connectivity index (χ1n) is 7.94. The largest absolute Gasteiger partial charge is 0.489 e. The summed E-state index contributed by atoms with van der Waals surface area (Å²) in [7, 11) is 0. The van der Waals surface area contributed by atoms with Crippen LogP contribution in [0.4, 0.5) is 0 Å². The monoisotopic (exact) mass is 319 g/mol. The number of fused-ring (bicyclic) bond motifs is 3. The van der Waals surface area contributed by atoms with Gasteiger partial charge in [0, 0.05) is 29.6 Å². The maximum Gasteiger partial charge on any atom is 0.276 e. The maximum atomic E-state index is 12.2. The van der Waals surface area contributed by atoms with Crippen LogP contribution in [0.5, 0.6) is 5.75 Å². The molecule has 0 aliphatic heterocycles. The summed E-state index contributed by atoms with van der Waals surface area (Å²) < 4.78 is 7.61. The highest BCUT2D eigenvalue weighted by Gasteiger charge is 2.10. The molecule has 0 aliphatic carbocycles. The molecule has 0 aliphatic rings. The third-order valence-corrected chi connectivity index (χ3v) is 4.08. The van der Waals surface area contributed by atoms with Crippen LogP contribution < -0.4 is 10.3 Å². The standard InChI is InChI=1S/C19H17N3O2/c1-2-22-11-16-15-9-8-14(24-12-13-6-4-3-5-7-13)10-17(15)20-19(23)18(16)21-22/h3-11H,2,12H2,1H3,(H,20,23). The molecular formula is C19H17N3O2. The first-order chi connectivity index (χ1) is 11.7. The van der Waals surface area contributed by atoms with E-state index >= 15 is 0 Å². The van der Waals surface area contributed by atoms with Gasteiger partial charge in [0.05, 0.1) is 5.52 Å². The van der Waals surface area contributed by atoms with E-state index in [1.807, 2.05) is 61.7 Å². The van der Waals surface area contributed by atoms with E-state index in [0.717, 1.165) is 34.1 Å². The molecular weight excluding hydrogens is 302 g/mol. The van der Waals surface area contributed by atoms with E-state index in [0.29, 0.717) is 12.1 Å². The van der Waals surface area contributed by atoms with E-state index < -0.39 is 0 Å². The Labute approximate surface area is 138 Å². The van der Waals surface area contributed by atoms with E-state index in [-0.39, 0.29) is 5.56 Å². The number of ether oxygens (including phenoxy) is 1. The molecule has 1 N–H and O–H groups in total. The number of benzene rings is 2. The minimum absolute atomic E-state index is 0.176. The lowest BCUT2D eigenvalue weighted by Crippen LogP contribution is -2.07. The van der Waals surface area contributed by atoms with Crippen molar-refractivity contribution in [3.05, 3.63) is 70.6 Å². The number of aromatic nitrogens is 3. The van der Waals surface area contributed by atoms with E-state index in [1.165, 1.54) is 0 Å². The van der Waals surface area contributed by atoms with Gasteiger partial charge < -0.3 is 9.72 Å². The molecule has 0 unspecified atom stereocenters. The first kappa shape index (κ1) is 14.5. The molecule has 0 bridgehead atoms. The Morgan fingerprint density at radius 3 is 2.75 bits per heavy atom. The number of pyridine rings is 1. The maximum absolute atomic E-state index is 12.2. The second-order valence-electron chi connectivity index (χ2n) is 5.68. The summed E-state index contributed by atoms with van der Waals surface area (Å²) in [6, 6.07) is 15.7. The number of hydrogen-bond donors (Lipinski definition) is 1. The van der Waals surface area contributed by atoms with Gasteiger partial charge in [0.1, 0.15) is 12.4 Å². The molecule has 2 heterocycles. The van der Waals surface area contributed by atoms with Crippen molar-refractivity contribution in [3.8, 4) is 5.75 Å². The predicted molar refractivity (Wildman–Crippen MR) is 94.3 cm³/mol.